The molecule has 0 unspecified atom stereocenters. The summed E-state index contributed by atoms with van der Waals surface area (Å²) in [6.07, 6.45) is 0. The van der Waals surface area contributed by atoms with Gasteiger partial charge in [-0.3, -0.25) is 14.5 Å². The summed E-state index contributed by atoms with van der Waals surface area (Å²) >= 11 is 0. The van der Waals surface area contributed by atoms with Gasteiger partial charge in [0.2, 0.25) is 0 Å². The lowest BCUT2D eigenvalue weighted by Crippen LogP contribution is -2.31. The summed E-state index contributed by atoms with van der Waals surface area (Å²) in [5, 5.41) is 0. The van der Waals surface area contributed by atoms with Crippen LogP contribution in [0.3, 0.4) is 0 Å². The first-order valence-electron chi connectivity index (χ1n) is 4.20. The highest BCUT2D eigenvalue weighted by molar-refractivity contribution is 6.21. The molecule has 1 aliphatic rings. The maximum Gasteiger partial charge on any atom is 0.263 e. The Labute approximate surface area is 81.1 Å². The lowest BCUT2D eigenvalue weighted by molar-refractivity contribution is 0.0389. The third-order valence-electron chi connectivity index (χ3n) is 2.14. The molecule has 0 bridgehead atoms. The zero-order chi connectivity index (χ0) is 10.1. The Hall–Kier alpha value is -1.68. The van der Waals surface area contributed by atoms with Crippen LogP contribution in [0.15, 0.2) is 24.3 Å². The zero-order valence-electron chi connectivity index (χ0n) is 7.69. The molecule has 0 aliphatic carbocycles. The van der Waals surface area contributed by atoms with Gasteiger partial charge < -0.3 is 4.74 Å². The lowest BCUT2D eigenvalue weighted by Gasteiger charge is -2.10. The highest BCUT2D eigenvalue weighted by Gasteiger charge is 2.34. The van der Waals surface area contributed by atoms with Crippen molar-refractivity contribution in [1.82, 2.24) is 4.90 Å². The Bertz CT molecular complexity index is 365. The normalized spacial score (nSPS) is 14.8. The topological polar surface area (TPSA) is 46.6 Å². The molecule has 4 heteroatoms. The minimum atomic E-state index is -0.285. The molecule has 1 aromatic rings. The van der Waals surface area contributed by atoms with E-state index in [1.54, 1.807) is 24.3 Å². The number of fused-ring (bicyclic) bond motifs is 1. The van der Waals surface area contributed by atoms with Gasteiger partial charge in [-0.1, -0.05) is 12.1 Å². The third-order valence-corrected chi connectivity index (χ3v) is 2.14. The molecule has 0 spiro atoms. The first kappa shape index (κ1) is 8.90. The van der Waals surface area contributed by atoms with E-state index in [9.17, 15) is 9.59 Å². The minimum absolute atomic E-state index is 0.00630. The predicted molar refractivity (Wildman–Crippen MR) is 48.8 cm³/mol. The smallest absolute Gasteiger partial charge is 0.263 e. The van der Waals surface area contributed by atoms with Crippen molar-refractivity contribution < 1.29 is 14.3 Å². The van der Waals surface area contributed by atoms with Crippen LogP contribution in [-0.4, -0.2) is 30.6 Å². The van der Waals surface area contributed by atoms with Gasteiger partial charge >= 0.3 is 0 Å². The number of rotatable bonds is 2. The molecule has 4 nitrogen and oxygen atoms in total. The van der Waals surface area contributed by atoms with Gasteiger partial charge in [0.1, 0.15) is 6.73 Å². The molecule has 0 aromatic heterocycles. The Morgan fingerprint density at radius 3 is 2.07 bits per heavy atom. The average Bonchev–Trinajstić information content (AvgIpc) is 2.45. The number of imide groups is 1. The molecule has 0 radical (unpaired) electrons. The van der Waals surface area contributed by atoms with Crippen molar-refractivity contribution in [3.8, 4) is 0 Å². The van der Waals surface area contributed by atoms with Crippen LogP contribution in [0.5, 0.6) is 0 Å². The van der Waals surface area contributed by atoms with Crippen molar-refractivity contribution in [3.63, 3.8) is 0 Å². The van der Waals surface area contributed by atoms with E-state index in [2.05, 4.69) is 0 Å². The molecule has 1 heterocycles. The summed E-state index contributed by atoms with van der Waals surface area (Å²) < 4.78 is 4.78. The number of methoxy groups -OCH3 is 1. The number of hydrogen-bond acceptors (Lipinski definition) is 3. The van der Waals surface area contributed by atoms with Crippen molar-refractivity contribution in [2.24, 2.45) is 0 Å². The highest BCUT2D eigenvalue weighted by atomic mass is 16.5. The van der Waals surface area contributed by atoms with Crippen LogP contribution in [-0.2, 0) is 4.74 Å². The lowest BCUT2D eigenvalue weighted by atomic mass is 10.1. The standard InChI is InChI=1S/C10H9NO3/c1-14-6-11-9(12)7-4-2-3-5-8(7)10(11)13/h2-5H,6H2,1H3. The summed E-state index contributed by atoms with van der Waals surface area (Å²) in [5.74, 6) is -0.570. The van der Waals surface area contributed by atoms with Gasteiger partial charge in [-0.15, -0.1) is 0 Å². The van der Waals surface area contributed by atoms with Gasteiger partial charge in [0.15, 0.2) is 0 Å². The van der Waals surface area contributed by atoms with Crippen LogP contribution in [0.1, 0.15) is 20.7 Å². The Kier molecular flexibility index (Phi) is 2.05. The zero-order valence-corrected chi connectivity index (χ0v) is 7.69. The number of hydrogen-bond donors (Lipinski definition) is 0. The number of nitrogens with zero attached hydrogens (tertiary/aromatic N) is 1. The second-order valence-electron chi connectivity index (χ2n) is 3.00. The number of ether oxygens (including phenoxy) is 1. The summed E-state index contributed by atoms with van der Waals surface area (Å²) in [5.41, 5.74) is 0.907. The molecule has 72 valence electrons. The Morgan fingerprint density at radius 2 is 1.64 bits per heavy atom. The van der Waals surface area contributed by atoms with Gasteiger partial charge in [-0.2, -0.15) is 0 Å². The molecule has 2 rings (SSSR count). The van der Waals surface area contributed by atoms with Gasteiger partial charge in [-0.25, -0.2) is 0 Å². The third kappa shape index (κ3) is 1.12. The Balaban J connectivity index is 2.43. The summed E-state index contributed by atoms with van der Waals surface area (Å²) in [4.78, 5) is 24.3. The predicted octanol–water partition coefficient (Wildman–Crippen LogP) is 0.887. The largest absolute Gasteiger partial charge is 0.364 e. The van der Waals surface area contributed by atoms with Crippen LogP contribution < -0.4 is 0 Å². The molecular formula is C10H9NO3. The van der Waals surface area contributed by atoms with E-state index in [1.165, 1.54) is 7.11 Å². The van der Waals surface area contributed by atoms with Gasteiger partial charge in [0, 0.05) is 7.11 Å². The molecule has 0 saturated heterocycles. The van der Waals surface area contributed by atoms with Crippen LogP contribution in [0.25, 0.3) is 0 Å². The first-order chi connectivity index (χ1) is 6.75. The SMILES string of the molecule is COCN1C(=O)c2ccccc2C1=O. The molecular weight excluding hydrogens is 182 g/mol. The summed E-state index contributed by atoms with van der Waals surface area (Å²) in [7, 11) is 1.45. The molecule has 1 aliphatic heterocycles. The van der Waals surface area contributed by atoms with Crippen molar-refractivity contribution in [1.29, 1.82) is 0 Å². The van der Waals surface area contributed by atoms with Crippen molar-refractivity contribution in [2.75, 3.05) is 13.8 Å². The van der Waals surface area contributed by atoms with Crippen molar-refractivity contribution in [3.05, 3.63) is 35.4 Å². The van der Waals surface area contributed by atoms with Crippen LogP contribution in [0.2, 0.25) is 0 Å². The van der Waals surface area contributed by atoms with Crippen LogP contribution >= 0.6 is 0 Å². The van der Waals surface area contributed by atoms with E-state index in [-0.39, 0.29) is 18.5 Å². The van der Waals surface area contributed by atoms with Crippen molar-refractivity contribution in [2.45, 2.75) is 0 Å². The maximum atomic E-state index is 11.6. The molecule has 0 fully saturated rings. The summed E-state index contributed by atoms with van der Waals surface area (Å²) in [6, 6.07) is 6.76. The molecule has 2 amide bonds. The van der Waals surface area contributed by atoms with E-state index in [4.69, 9.17) is 4.74 Å². The van der Waals surface area contributed by atoms with Gasteiger partial charge in [0.25, 0.3) is 11.8 Å². The number of amides is 2. The van der Waals surface area contributed by atoms with Gasteiger partial charge in [-0.05, 0) is 12.1 Å². The number of carbonyl (C=O) groups is 2. The fourth-order valence-electron chi connectivity index (χ4n) is 1.49. The molecule has 0 saturated carbocycles. The fourth-order valence-corrected chi connectivity index (χ4v) is 1.49. The van der Waals surface area contributed by atoms with E-state index in [0.29, 0.717) is 11.1 Å². The monoisotopic (exact) mass is 191 g/mol. The second-order valence-corrected chi connectivity index (χ2v) is 3.00. The maximum absolute atomic E-state index is 11.6. The van der Waals surface area contributed by atoms with Gasteiger partial charge in [0.05, 0.1) is 11.1 Å². The van der Waals surface area contributed by atoms with E-state index < -0.39 is 0 Å². The summed E-state index contributed by atoms with van der Waals surface area (Å²) in [6.45, 7) is 0.00630. The highest BCUT2D eigenvalue weighted by Crippen LogP contribution is 2.21. The van der Waals surface area contributed by atoms with E-state index >= 15 is 0 Å². The molecule has 0 N–H and O–H groups in total. The molecule has 0 atom stereocenters. The Morgan fingerprint density at radius 1 is 1.14 bits per heavy atom. The average molecular weight is 191 g/mol. The molecule has 1 aromatic carbocycles. The van der Waals surface area contributed by atoms with Crippen LogP contribution in [0.4, 0.5) is 0 Å². The van der Waals surface area contributed by atoms with E-state index in [1.807, 2.05) is 0 Å². The van der Waals surface area contributed by atoms with Crippen LogP contribution in [0, 0.1) is 0 Å². The van der Waals surface area contributed by atoms with E-state index in [0.717, 1.165) is 4.90 Å². The molecule has 14 heavy (non-hydrogen) atoms. The minimum Gasteiger partial charge on any atom is -0.364 e. The van der Waals surface area contributed by atoms with Crippen molar-refractivity contribution >= 4 is 11.8 Å². The quantitative estimate of drug-likeness (QED) is 0.652. The number of benzene rings is 1. The number of carbonyl (C=O) groups excluding carboxylic acids is 2. The fraction of sp³-hybridized carbons (Fsp3) is 0.200. The second kappa shape index (κ2) is 3.23. The first-order valence-corrected chi connectivity index (χ1v) is 4.20.